The molecule has 1 aliphatic rings. The third-order valence-corrected chi connectivity index (χ3v) is 4.40. The van der Waals surface area contributed by atoms with Crippen LogP contribution in [0.25, 0.3) is 0 Å². The lowest BCUT2D eigenvalue weighted by Crippen LogP contribution is -2.38. The summed E-state index contributed by atoms with van der Waals surface area (Å²) >= 11 is 0. The smallest absolute Gasteiger partial charge is 0.290 e. The van der Waals surface area contributed by atoms with Gasteiger partial charge in [-0.25, -0.2) is 4.39 Å². The normalized spacial score (nSPS) is 18.0. The number of benzene rings is 1. The van der Waals surface area contributed by atoms with Gasteiger partial charge in [0.2, 0.25) is 0 Å². The molecule has 0 saturated heterocycles. The van der Waals surface area contributed by atoms with Crippen LogP contribution in [0.1, 0.15) is 32.4 Å². The maximum absolute atomic E-state index is 13.6. The van der Waals surface area contributed by atoms with E-state index in [4.69, 9.17) is 0 Å². The molecular weight excluding hydrogens is 311 g/mol. The number of carbonyl (C=O) groups excluding carboxylic acids is 2. The van der Waals surface area contributed by atoms with Gasteiger partial charge in [0.15, 0.2) is 11.5 Å². The quantitative estimate of drug-likeness (QED) is 0.832. The number of ketones is 1. The molecule has 1 N–H and O–H groups in total. The third kappa shape index (κ3) is 3.48. The maximum atomic E-state index is 13.6. The fourth-order valence-electron chi connectivity index (χ4n) is 3.06. The van der Waals surface area contributed by atoms with Crippen LogP contribution in [0.4, 0.5) is 4.39 Å². The zero-order valence-corrected chi connectivity index (χ0v) is 14.3. The van der Waals surface area contributed by atoms with Gasteiger partial charge in [-0.3, -0.25) is 9.59 Å². The van der Waals surface area contributed by atoms with E-state index in [-0.39, 0.29) is 11.4 Å². The summed E-state index contributed by atoms with van der Waals surface area (Å²) in [4.78, 5) is 28.0. The van der Waals surface area contributed by atoms with Gasteiger partial charge in [0, 0.05) is 13.1 Å². The van der Waals surface area contributed by atoms with E-state index < -0.39 is 23.5 Å². The van der Waals surface area contributed by atoms with Crippen LogP contribution in [0.2, 0.25) is 0 Å². The maximum Gasteiger partial charge on any atom is 0.290 e. The van der Waals surface area contributed by atoms with Gasteiger partial charge in [-0.2, -0.15) is 0 Å². The number of nitrogens with zero attached hydrogens (tertiary/aromatic N) is 2. The Morgan fingerprint density at radius 2 is 2.00 bits per heavy atom. The van der Waals surface area contributed by atoms with Crippen molar-refractivity contribution in [1.29, 1.82) is 0 Å². The van der Waals surface area contributed by atoms with Gasteiger partial charge in [0.25, 0.3) is 5.91 Å². The van der Waals surface area contributed by atoms with Crippen molar-refractivity contribution >= 4 is 11.7 Å². The molecule has 0 aliphatic carbocycles. The molecule has 0 saturated carbocycles. The van der Waals surface area contributed by atoms with E-state index in [1.54, 1.807) is 6.07 Å². The van der Waals surface area contributed by atoms with Crippen LogP contribution in [0, 0.1) is 5.82 Å². The van der Waals surface area contributed by atoms with Gasteiger partial charge in [-0.1, -0.05) is 26.0 Å². The van der Waals surface area contributed by atoms with Crippen LogP contribution in [0.15, 0.2) is 35.6 Å². The summed E-state index contributed by atoms with van der Waals surface area (Å²) in [6, 6.07) is 5.04. The van der Waals surface area contributed by atoms with Crippen LogP contribution >= 0.6 is 0 Å². The summed E-state index contributed by atoms with van der Waals surface area (Å²) in [5, 5.41) is 10.1. The number of aliphatic hydroxyl groups is 1. The molecule has 0 bridgehead atoms. The number of carbonyl (C=O) groups is 2. The average molecular weight is 334 g/mol. The highest BCUT2D eigenvalue weighted by Gasteiger charge is 2.42. The van der Waals surface area contributed by atoms with E-state index in [9.17, 15) is 19.1 Å². The second-order valence-electron chi connectivity index (χ2n) is 5.80. The molecule has 130 valence electrons. The molecule has 0 spiro atoms. The van der Waals surface area contributed by atoms with E-state index in [2.05, 4.69) is 4.90 Å². The van der Waals surface area contributed by atoms with Crippen molar-refractivity contribution in [2.75, 3.05) is 26.2 Å². The second-order valence-corrected chi connectivity index (χ2v) is 5.80. The van der Waals surface area contributed by atoms with Crippen LogP contribution in [-0.4, -0.2) is 52.8 Å². The molecule has 24 heavy (non-hydrogen) atoms. The number of rotatable bonds is 7. The van der Waals surface area contributed by atoms with E-state index in [0.29, 0.717) is 18.7 Å². The Bertz CT molecular complexity index is 668. The first kappa shape index (κ1) is 18.1. The van der Waals surface area contributed by atoms with Crippen LogP contribution < -0.4 is 0 Å². The highest BCUT2D eigenvalue weighted by atomic mass is 19.1. The van der Waals surface area contributed by atoms with E-state index in [1.807, 2.05) is 13.8 Å². The van der Waals surface area contributed by atoms with Gasteiger partial charge in [0.05, 0.1) is 11.6 Å². The SMILES string of the molecule is CCN(CC)CCN1C(=O)C(O)=C(C(C)=O)[C@H]1c1cccc(F)c1. The summed E-state index contributed by atoms with van der Waals surface area (Å²) in [7, 11) is 0. The van der Waals surface area contributed by atoms with Crippen molar-refractivity contribution in [2.24, 2.45) is 0 Å². The first-order valence-corrected chi connectivity index (χ1v) is 8.13. The Morgan fingerprint density at radius 3 is 2.54 bits per heavy atom. The first-order valence-electron chi connectivity index (χ1n) is 8.13. The number of amides is 1. The minimum Gasteiger partial charge on any atom is -0.503 e. The van der Waals surface area contributed by atoms with Crippen molar-refractivity contribution in [2.45, 2.75) is 26.8 Å². The minimum absolute atomic E-state index is 0.0325. The standard InChI is InChI=1S/C18H23FN2O3/c1-4-20(5-2)9-10-21-16(13-7-6-8-14(19)11-13)15(12(3)22)17(23)18(21)24/h6-8,11,16,23H,4-5,9-10H2,1-3H3/t16-/m1/s1. The van der Waals surface area contributed by atoms with Gasteiger partial charge in [-0.15, -0.1) is 0 Å². The summed E-state index contributed by atoms with van der Waals surface area (Å²) in [5.41, 5.74) is 0.516. The Balaban J connectivity index is 2.38. The summed E-state index contributed by atoms with van der Waals surface area (Å²) in [6.07, 6.45) is 0. The monoisotopic (exact) mass is 334 g/mol. The summed E-state index contributed by atoms with van der Waals surface area (Å²) in [5.74, 6) is -1.95. The van der Waals surface area contributed by atoms with Crippen molar-refractivity contribution < 1.29 is 19.1 Å². The molecule has 2 rings (SSSR count). The molecule has 1 aromatic carbocycles. The number of hydrogen-bond acceptors (Lipinski definition) is 4. The minimum atomic E-state index is -0.749. The average Bonchev–Trinajstić information content (AvgIpc) is 2.80. The predicted molar refractivity (Wildman–Crippen MR) is 89.0 cm³/mol. The molecule has 1 atom stereocenters. The molecule has 1 aliphatic heterocycles. The van der Waals surface area contributed by atoms with E-state index in [0.717, 1.165) is 13.1 Å². The molecule has 1 heterocycles. The molecule has 5 nitrogen and oxygen atoms in total. The number of Topliss-reactive ketones (excluding diaryl/α,β-unsaturated/α-hetero) is 1. The Kier molecular flexibility index (Phi) is 5.72. The number of halogens is 1. The molecule has 6 heteroatoms. The molecule has 0 unspecified atom stereocenters. The number of likely N-dealkylation sites (N-methyl/N-ethyl adjacent to an activating group) is 1. The molecule has 0 fully saturated rings. The molecule has 1 amide bonds. The highest BCUT2D eigenvalue weighted by molar-refractivity contribution is 6.08. The summed E-state index contributed by atoms with van der Waals surface area (Å²) < 4.78 is 13.6. The lowest BCUT2D eigenvalue weighted by molar-refractivity contribution is -0.129. The number of aliphatic hydroxyl groups excluding tert-OH is 1. The zero-order chi connectivity index (χ0) is 17.9. The van der Waals surface area contributed by atoms with Crippen molar-refractivity contribution in [1.82, 2.24) is 9.80 Å². The van der Waals surface area contributed by atoms with Gasteiger partial charge < -0.3 is 14.9 Å². The lowest BCUT2D eigenvalue weighted by Gasteiger charge is -2.29. The van der Waals surface area contributed by atoms with Gasteiger partial charge >= 0.3 is 0 Å². The zero-order valence-electron chi connectivity index (χ0n) is 14.3. The predicted octanol–water partition coefficient (Wildman–Crippen LogP) is 2.45. The van der Waals surface area contributed by atoms with E-state index >= 15 is 0 Å². The fourth-order valence-corrected chi connectivity index (χ4v) is 3.06. The van der Waals surface area contributed by atoms with Crippen molar-refractivity contribution in [3.8, 4) is 0 Å². The topological polar surface area (TPSA) is 60.9 Å². The van der Waals surface area contributed by atoms with E-state index in [1.165, 1.54) is 30.0 Å². The second kappa shape index (κ2) is 7.57. The van der Waals surface area contributed by atoms with Crippen molar-refractivity contribution in [3.05, 3.63) is 47.0 Å². The Labute approximate surface area is 141 Å². The molecular formula is C18H23FN2O3. The third-order valence-electron chi connectivity index (χ3n) is 4.40. The highest BCUT2D eigenvalue weighted by Crippen LogP contribution is 2.37. The molecule has 0 radical (unpaired) electrons. The fraction of sp³-hybridized carbons (Fsp3) is 0.444. The van der Waals surface area contributed by atoms with Crippen LogP contribution in [0.3, 0.4) is 0 Å². The van der Waals surface area contributed by atoms with Crippen LogP contribution in [-0.2, 0) is 9.59 Å². The Hall–Kier alpha value is -2.21. The molecule has 1 aromatic rings. The Morgan fingerprint density at radius 1 is 1.33 bits per heavy atom. The van der Waals surface area contributed by atoms with Gasteiger partial charge in [-0.05, 0) is 37.7 Å². The lowest BCUT2D eigenvalue weighted by atomic mass is 9.96. The molecule has 0 aromatic heterocycles. The van der Waals surface area contributed by atoms with Crippen LogP contribution in [0.5, 0.6) is 0 Å². The van der Waals surface area contributed by atoms with Crippen molar-refractivity contribution in [3.63, 3.8) is 0 Å². The summed E-state index contributed by atoms with van der Waals surface area (Å²) in [6.45, 7) is 7.99. The number of hydrogen-bond donors (Lipinski definition) is 1. The first-order chi connectivity index (χ1) is 11.4. The van der Waals surface area contributed by atoms with Gasteiger partial charge in [0.1, 0.15) is 5.82 Å². The largest absolute Gasteiger partial charge is 0.503 e.